The first-order valence-electron chi connectivity index (χ1n) is 6.01. The molecule has 0 atom stereocenters. The molecule has 0 aliphatic carbocycles. The van der Waals surface area contributed by atoms with Crippen LogP contribution in [0.15, 0.2) is 36.5 Å². The molecule has 3 aromatic rings. The van der Waals surface area contributed by atoms with Gasteiger partial charge < -0.3 is 10.3 Å². The summed E-state index contributed by atoms with van der Waals surface area (Å²) in [7, 11) is 0. The van der Waals surface area contributed by atoms with Gasteiger partial charge >= 0.3 is 0 Å². The van der Waals surface area contributed by atoms with E-state index in [4.69, 9.17) is 11.6 Å². The SMILES string of the molecule is Cc1cc2cc(CNc3nccc(Cl)n3)ccc2[nH]1. The topological polar surface area (TPSA) is 53.6 Å². The van der Waals surface area contributed by atoms with Crippen LogP contribution in [0.3, 0.4) is 0 Å². The minimum absolute atomic E-state index is 0.439. The van der Waals surface area contributed by atoms with Crippen LogP contribution in [0.5, 0.6) is 0 Å². The Morgan fingerprint density at radius 1 is 1.26 bits per heavy atom. The first-order valence-corrected chi connectivity index (χ1v) is 6.39. The lowest BCUT2D eigenvalue weighted by Gasteiger charge is -2.05. The van der Waals surface area contributed by atoms with Crippen molar-refractivity contribution in [3.63, 3.8) is 0 Å². The van der Waals surface area contributed by atoms with Gasteiger partial charge in [0.2, 0.25) is 5.95 Å². The van der Waals surface area contributed by atoms with Crippen molar-refractivity contribution >= 4 is 28.5 Å². The fourth-order valence-corrected chi connectivity index (χ4v) is 2.18. The van der Waals surface area contributed by atoms with Crippen molar-refractivity contribution in [3.8, 4) is 0 Å². The predicted octanol–water partition coefficient (Wildman–Crippen LogP) is 3.53. The third-order valence-corrected chi connectivity index (χ3v) is 3.10. The van der Waals surface area contributed by atoms with Crippen LogP contribution in [0.4, 0.5) is 5.95 Å². The number of aromatic nitrogens is 3. The third kappa shape index (κ3) is 2.69. The molecule has 5 heteroatoms. The molecule has 0 unspecified atom stereocenters. The molecule has 2 aromatic heterocycles. The highest BCUT2D eigenvalue weighted by Gasteiger charge is 2.01. The average molecular weight is 273 g/mol. The molecule has 3 rings (SSSR count). The first-order chi connectivity index (χ1) is 9.20. The second-order valence-electron chi connectivity index (χ2n) is 4.43. The van der Waals surface area contributed by atoms with Crippen molar-refractivity contribution in [3.05, 3.63) is 52.9 Å². The van der Waals surface area contributed by atoms with E-state index in [0.717, 1.165) is 5.52 Å². The van der Waals surface area contributed by atoms with E-state index >= 15 is 0 Å². The number of hydrogen-bond acceptors (Lipinski definition) is 3. The van der Waals surface area contributed by atoms with Crippen molar-refractivity contribution in [2.75, 3.05) is 5.32 Å². The molecular formula is C14H13ClN4. The van der Waals surface area contributed by atoms with E-state index in [1.165, 1.54) is 16.6 Å². The maximum absolute atomic E-state index is 5.81. The molecule has 96 valence electrons. The van der Waals surface area contributed by atoms with E-state index in [1.807, 2.05) is 0 Å². The highest BCUT2D eigenvalue weighted by atomic mass is 35.5. The van der Waals surface area contributed by atoms with Gasteiger partial charge in [-0.3, -0.25) is 0 Å². The number of benzene rings is 1. The fourth-order valence-electron chi connectivity index (χ4n) is 2.04. The lowest BCUT2D eigenvalue weighted by atomic mass is 10.1. The second-order valence-corrected chi connectivity index (χ2v) is 4.82. The second kappa shape index (κ2) is 4.90. The molecule has 0 radical (unpaired) electrons. The standard InChI is InChI=1S/C14H13ClN4/c1-9-6-11-7-10(2-3-12(11)18-9)8-17-14-16-5-4-13(15)19-14/h2-7,18H,8H2,1H3,(H,16,17,19). The molecule has 4 nitrogen and oxygen atoms in total. The van der Waals surface area contributed by atoms with Gasteiger partial charge in [0.1, 0.15) is 5.15 Å². The van der Waals surface area contributed by atoms with Crippen molar-refractivity contribution in [1.29, 1.82) is 0 Å². The maximum atomic E-state index is 5.81. The van der Waals surface area contributed by atoms with Crippen molar-refractivity contribution in [1.82, 2.24) is 15.0 Å². The van der Waals surface area contributed by atoms with Gasteiger partial charge in [-0.05, 0) is 42.1 Å². The monoisotopic (exact) mass is 272 g/mol. The number of aryl methyl sites for hydroxylation is 1. The number of fused-ring (bicyclic) bond motifs is 1. The van der Waals surface area contributed by atoms with Gasteiger partial charge in [-0.2, -0.15) is 0 Å². The molecule has 2 N–H and O–H groups in total. The Kier molecular flexibility index (Phi) is 3.09. The summed E-state index contributed by atoms with van der Waals surface area (Å²) in [6.45, 7) is 2.72. The van der Waals surface area contributed by atoms with E-state index in [0.29, 0.717) is 17.6 Å². The number of nitrogens with one attached hydrogen (secondary N) is 2. The normalized spacial score (nSPS) is 10.8. The Labute approximate surface area is 115 Å². The van der Waals surface area contributed by atoms with Crippen LogP contribution >= 0.6 is 11.6 Å². The highest BCUT2D eigenvalue weighted by molar-refractivity contribution is 6.29. The Morgan fingerprint density at radius 2 is 2.16 bits per heavy atom. The summed E-state index contributed by atoms with van der Waals surface area (Å²) in [4.78, 5) is 11.5. The molecule has 0 saturated heterocycles. The van der Waals surface area contributed by atoms with Crippen LogP contribution in [0.2, 0.25) is 5.15 Å². The van der Waals surface area contributed by atoms with Gasteiger partial charge in [0.05, 0.1) is 0 Å². The molecule has 2 heterocycles. The van der Waals surface area contributed by atoms with Crippen LogP contribution in [-0.2, 0) is 6.54 Å². The minimum Gasteiger partial charge on any atom is -0.359 e. The molecule has 0 fully saturated rings. The van der Waals surface area contributed by atoms with Crippen molar-refractivity contribution in [2.45, 2.75) is 13.5 Å². The number of nitrogens with zero attached hydrogens (tertiary/aromatic N) is 2. The maximum Gasteiger partial charge on any atom is 0.224 e. The van der Waals surface area contributed by atoms with Gasteiger partial charge in [-0.25, -0.2) is 9.97 Å². The van der Waals surface area contributed by atoms with Crippen molar-refractivity contribution < 1.29 is 0 Å². The van der Waals surface area contributed by atoms with Crippen LogP contribution in [0.25, 0.3) is 10.9 Å². The van der Waals surface area contributed by atoms with Gasteiger partial charge in [0.15, 0.2) is 0 Å². The summed E-state index contributed by atoms with van der Waals surface area (Å²) < 4.78 is 0. The first kappa shape index (κ1) is 12.0. The molecule has 0 amide bonds. The zero-order valence-electron chi connectivity index (χ0n) is 10.4. The summed E-state index contributed by atoms with van der Waals surface area (Å²) in [5.74, 6) is 0.540. The Morgan fingerprint density at radius 3 is 3.00 bits per heavy atom. The van der Waals surface area contributed by atoms with Crippen LogP contribution in [0.1, 0.15) is 11.3 Å². The summed E-state index contributed by atoms with van der Waals surface area (Å²) in [6, 6.07) is 10.1. The van der Waals surface area contributed by atoms with Crippen LogP contribution < -0.4 is 5.32 Å². The van der Waals surface area contributed by atoms with Crippen LogP contribution in [0, 0.1) is 6.92 Å². The zero-order chi connectivity index (χ0) is 13.2. The Balaban J connectivity index is 1.78. The van der Waals surface area contributed by atoms with Gasteiger partial charge in [-0.15, -0.1) is 0 Å². The molecule has 19 heavy (non-hydrogen) atoms. The number of rotatable bonds is 3. The molecule has 0 bridgehead atoms. The van der Waals surface area contributed by atoms with E-state index in [9.17, 15) is 0 Å². The highest BCUT2D eigenvalue weighted by Crippen LogP contribution is 2.17. The number of aromatic amines is 1. The average Bonchev–Trinajstić information content (AvgIpc) is 2.75. The largest absolute Gasteiger partial charge is 0.359 e. The van der Waals surface area contributed by atoms with Crippen LogP contribution in [-0.4, -0.2) is 15.0 Å². The lowest BCUT2D eigenvalue weighted by Crippen LogP contribution is -2.03. The molecule has 0 aliphatic heterocycles. The summed E-state index contributed by atoms with van der Waals surface area (Å²) >= 11 is 5.81. The smallest absolute Gasteiger partial charge is 0.224 e. The molecule has 1 aromatic carbocycles. The minimum atomic E-state index is 0.439. The summed E-state index contributed by atoms with van der Waals surface area (Å²) in [6.07, 6.45) is 1.64. The molecule has 0 spiro atoms. The van der Waals surface area contributed by atoms with Gasteiger partial charge in [-0.1, -0.05) is 17.7 Å². The van der Waals surface area contributed by atoms with E-state index in [1.54, 1.807) is 12.3 Å². The third-order valence-electron chi connectivity index (χ3n) is 2.89. The van der Waals surface area contributed by atoms with Gasteiger partial charge in [0, 0.05) is 24.0 Å². The van der Waals surface area contributed by atoms with Crippen molar-refractivity contribution in [2.24, 2.45) is 0 Å². The number of H-pyrrole nitrogens is 1. The quantitative estimate of drug-likeness (QED) is 0.717. The predicted molar refractivity (Wildman–Crippen MR) is 77.4 cm³/mol. The van der Waals surface area contributed by atoms with E-state index in [-0.39, 0.29) is 0 Å². The fraction of sp³-hybridized carbons (Fsp3) is 0.143. The Bertz CT molecular complexity index is 720. The number of hydrogen-bond donors (Lipinski definition) is 2. The summed E-state index contributed by atoms with van der Waals surface area (Å²) in [5, 5.41) is 4.81. The summed E-state index contributed by atoms with van der Waals surface area (Å²) in [5.41, 5.74) is 3.49. The van der Waals surface area contributed by atoms with E-state index < -0.39 is 0 Å². The van der Waals surface area contributed by atoms with E-state index in [2.05, 4.69) is 51.5 Å². The Hall–Kier alpha value is -2.07. The number of halogens is 1. The van der Waals surface area contributed by atoms with Gasteiger partial charge in [0.25, 0.3) is 0 Å². The molecule has 0 aliphatic rings. The number of anilines is 1. The molecular weight excluding hydrogens is 260 g/mol. The zero-order valence-corrected chi connectivity index (χ0v) is 11.2. The lowest BCUT2D eigenvalue weighted by molar-refractivity contribution is 1.06. The molecule has 0 saturated carbocycles.